The van der Waals surface area contributed by atoms with Crippen LogP contribution >= 0.6 is 24.0 Å². The molecule has 136 valence electrons. The van der Waals surface area contributed by atoms with Gasteiger partial charge in [-0.05, 0) is 54.5 Å². The monoisotopic (exact) mass is 397 g/mol. The van der Waals surface area contributed by atoms with E-state index in [-0.39, 0.29) is 11.7 Å². The fourth-order valence-electron chi connectivity index (χ4n) is 2.76. The van der Waals surface area contributed by atoms with Crippen LogP contribution < -0.4 is 9.47 Å². The van der Waals surface area contributed by atoms with Gasteiger partial charge in [0.15, 0.2) is 11.5 Å². The Kier molecular flexibility index (Phi) is 4.63. The summed E-state index contributed by atoms with van der Waals surface area (Å²) in [5, 5.41) is 9.58. The topological polar surface area (TPSA) is 59.0 Å². The second-order valence-electron chi connectivity index (χ2n) is 5.96. The summed E-state index contributed by atoms with van der Waals surface area (Å²) in [7, 11) is 0. The van der Waals surface area contributed by atoms with Crippen LogP contribution in [-0.4, -0.2) is 20.2 Å². The SMILES string of the molecule is C/C=C1/Oc2ccc(CN3C(=O)C(=Cc4cccc(O)c4)SC3=S)cc2O1. The maximum absolute atomic E-state index is 12.8. The Morgan fingerprint density at radius 1 is 1.19 bits per heavy atom. The molecule has 0 spiro atoms. The van der Waals surface area contributed by atoms with Gasteiger partial charge < -0.3 is 14.6 Å². The second kappa shape index (κ2) is 7.09. The van der Waals surface area contributed by atoms with Gasteiger partial charge in [-0.1, -0.05) is 42.2 Å². The lowest BCUT2D eigenvalue weighted by molar-refractivity contribution is -0.122. The van der Waals surface area contributed by atoms with Gasteiger partial charge in [-0.15, -0.1) is 0 Å². The largest absolute Gasteiger partial charge is 0.508 e. The summed E-state index contributed by atoms with van der Waals surface area (Å²) in [6.45, 7) is 2.19. The molecule has 7 heteroatoms. The Morgan fingerprint density at radius 2 is 2.00 bits per heavy atom. The number of aromatic hydroxyl groups is 1. The van der Waals surface area contributed by atoms with Gasteiger partial charge in [0, 0.05) is 0 Å². The van der Waals surface area contributed by atoms with Crippen molar-refractivity contribution in [1.82, 2.24) is 4.90 Å². The number of rotatable bonds is 3. The predicted molar refractivity (Wildman–Crippen MR) is 108 cm³/mol. The van der Waals surface area contributed by atoms with Crippen LogP contribution in [0.1, 0.15) is 18.1 Å². The Morgan fingerprint density at radius 3 is 2.78 bits per heavy atom. The molecule has 27 heavy (non-hydrogen) atoms. The summed E-state index contributed by atoms with van der Waals surface area (Å²) in [4.78, 5) is 14.9. The van der Waals surface area contributed by atoms with Gasteiger partial charge in [0.25, 0.3) is 11.9 Å². The second-order valence-corrected chi connectivity index (χ2v) is 7.63. The van der Waals surface area contributed by atoms with Crippen LogP contribution in [0.2, 0.25) is 0 Å². The quantitative estimate of drug-likeness (QED) is 0.611. The van der Waals surface area contributed by atoms with E-state index in [1.54, 1.807) is 35.3 Å². The molecule has 0 aliphatic carbocycles. The van der Waals surface area contributed by atoms with E-state index < -0.39 is 0 Å². The number of thioether (sulfide) groups is 1. The highest BCUT2D eigenvalue weighted by Crippen LogP contribution is 2.38. The number of nitrogens with zero attached hydrogens (tertiary/aromatic N) is 1. The predicted octanol–water partition coefficient (Wildman–Crippen LogP) is 4.43. The zero-order valence-corrected chi connectivity index (χ0v) is 16.0. The third-order valence-electron chi connectivity index (χ3n) is 4.05. The molecule has 1 saturated heterocycles. The number of hydrogen-bond donors (Lipinski definition) is 1. The molecular weight excluding hydrogens is 382 g/mol. The van der Waals surface area contributed by atoms with E-state index in [9.17, 15) is 9.90 Å². The van der Waals surface area contributed by atoms with Crippen LogP contribution in [0.4, 0.5) is 0 Å². The third-order valence-corrected chi connectivity index (χ3v) is 5.42. The fourth-order valence-corrected chi connectivity index (χ4v) is 4.01. The highest BCUT2D eigenvalue weighted by Gasteiger charge is 2.32. The highest BCUT2D eigenvalue weighted by molar-refractivity contribution is 8.26. The first kappa shape index (κ1) is 17.6. The molecule has 2 aromatic rings. The molecule has 0 radical (unpaired) electrons. The average molecular weight is 397 g/mol. The average Bonchev–Trinajstić information content (AvgIpc) is 3.17. The zero-order chi connectivity index (χ0) is 19.0. The summed E-state index contributed by atoms with van der Waals surface area (Å²) in [6.07, 6.45) is 3.48. The van der Waals surface area contributed by atoms with Crippen LogP contribution in [0.25, 0.3) is 6.08 Å². The van der Waals surface area contributed by atoms with Crippen LogP contribution in [0.15, 0.2) is 59.4 Å². The minimum atomic E-state index is -0.153. The molecule has 1 amide bonds. The number of carbonyl (C=O) groups excluding carboxylic acids is 1. The van der Waals surface area contributed by atoms with Crippen molar-refractivity contribution in [3.8, 4) is 17.2 Å². The van der Waals surface area contributed by atoms with Crippen molar-refractivity contribution in [2.45, 2.75) is 13.5 Å². The maximum atomic E-state index is 12.8. The molecular formula is C20H15NO4S2. The molecule has 2 heterocycles. The van der Waals surface area contributed by atoms with Gasteiger partial charge in [0.05, 0.1) is 11.4 Å². The smallest absolute Gasteiger partial charge is 0.285 e. The molecule has 1 fully saturated rings. The lowest BCUT2D eigenvalue weighted by atomic mass is 10.2. The third kappa shape index (κ3) is 3.56. The summed E-state index contributed by atoms with van der Waals surface area (Å²) in [6, 6.07) is 12.3. The number of amides is 1. The van der Waals surface area contributed by atoms with Gasteiger partial charge in [0.2, 0.25) is 0 Å². The molecule has 1 N–H and O–H groups in total. The summed E-state index contributed by atoms with van der Waals surface area (Å²) < 4.78 is 11.6. The first-order chi connectivity index (χ1) is 13.0. The number of carbonyl (C=O) groups is 1. The Hall–Kier alpha value is -2.77. The van der Waals surface area contributed by atoms with Crippen molar-refractivity contribution in [2.24, 2.45) is 0 Å². The van der Waals surface area contributed by atoms with Gasteiger partial charge in [-0.25, -0.2) is 0 Å². The van der Waals surface area contributed by atoms with Gasteiger partial charge in [-0.2, -0.15) is 0 Å². The molecule has 4 rings (SSSR count). The number of fused-ring (bicyclic) bond motifs is 1. The van der Waals surface area contributed by atoms with Crippen molar-refractivity contribution in [3.63, 3.8) is 0 Å². The molecule has 0 bridgehead atoms. The molecule has 0 atom stereocenters. The Balaban J connectivity index is 1.54. The van der Waals surface area contributed by atoms with Crippen molar-refractivity contribution < 1.29 is 19.4 Å². The van der Waals surface area contributed by atoms with E-state index in [4.69, 9.17) is 21.7 Å². The fraction of sp³-hybridized carbons (Fsp3) is 0.100. The van der Waals surface area contributed by atoms with Crippen LogP contribution in [0, 0.1) is 0 Å². The highest BCUT2D eigenvalue weighted by atomic mass is 32.2. The van der Waals surface area contributed by atoms with Crippen molar-refractivity contribution in [3.05, 3.63) is 70.5 Å². The molecule has 0 aromatic heterocycles. The lowest BCUT2D eigenvalue weighted by Gasteiger charge is -2.14. The molecule has 5 nitrogen and oxygen atoms in total. The van der Waals surface area contributed by atoms with E-state index in [1.807, 2.05) is 31.2 Å². The van der Waals surface area contributed by atoms with Crippen molar-refractivity contribution >= 4 is 40.3 Å². The first-order valence-corrected chi connectivity index (χ1v) is 9.45. The van der Waals surface area contributed by atoms with Crippen LogP contribution in [0.3, 0.4) is 0 Å². The van der Waals surface area contributed by atoms with Gasteiger partial charge in [-0.3, -0.25) is 9.69 Å². The van der Waals surface area contributed by atoms with E-state index in [1.165, 1.54) is 11.8 Å². The van der Waals surface area contributed by atoms with Crippen molar-refractivity contribution in [1.29, 1.82) is 0 Å². The molecule has 2 aliphatic rings. The minimum Gasteiger partial charge on any atom is -0.508 e. The number of ether oxygens (including phenoxy) is 2. The molecule has 2 aliphatic heterocycles. The summed E-state index contributed by atoms with van der Waals surface area (Å²) in [5.74, 6) is 1.73. The summed E-state index contributed by atoms with van der Waals surface area (Å²) >= 11 is 6.64. The maximum Gasteiger partial charge on any atom is 0.285 e. The number of allylic oxidation sites excluding steroid dienone is 1. The van der Waals surface area contributed by atoms with Crippen LogP contribution in [-0.2, 0) is 11.3 Å². The first-order valence-electron chi connectivity index (χ1n) is 8.23. The van der Waals surface area contributed by atoms with E-state index in [0.717, 1.165) is 11.1 Å². The van der Waals surface area contributed by atoms with E-state index in [2.05, 4.69) is 0 Å². The van der Waals surface area contributed by atoms with E-state index in [0.29, 0.717) is 33.2 Å². The summed E-state index contributed by atoms with van der Waals surface area (Å²) in [5.41, 5.74) is 1.64. The van der Waals surface area contributed by atoms with Crippen molar-refractivity contribution in [2.75, 3.05) is 0 Å². The molecule has 0 saturated carbocycles. The Labute approximate surface area is 165 Å². The number of thiocarbonyl (C=S) groups is 1. The van der Waals surface area contributed by atoms with E-state index >= 15 is 0 Å². The molecule has 0 unspecified atom stereocenters. The Bertz CT molecular complexity index is 1010. The zero-order valence-electron chi connectivity index (χ0n) is 14.3. The number of phenols is 1. The van der Waals surface area contributed by atoms with Crippen LogP contribution in [0.5, 0.6) is 17.2 Å². The van der Waals surface area contributed by atoms with Gasteiger partial charge >= 0.3 is 0 Å². The normalized spacial score (nSPS) is 18.8. The minimum absolute atomic E-state index is 0.153. The lowest BCUT2D eigenvalue weighted by Crippen LogP contribution is -2.27. The standard InChI is InChI=1S/C20H15NO4S2/c1-2-18-24-15-7-6-13(9-16(15)25-18)11-21-19(23)17(27-20(21)26)10-12-4-3-5-14(22)8-12/h2-10,22H,11H2,1H3/b17-10?,18-2-. The number of phenolic OH excluding ortho intramolecular Hbond substituents is 1. The number of benzene rings is 2. The number of hydrogen-bond acceptors (Lipinski definition) is 6. The van der Waals surface area contributed by atoms with Gasteiger partial charge in [0.1, 0.15) is 10.1 Å². The molecule has 2 aromatic carbocycles.